The molecule has 0 N–H and O–H groups in total. The molecule has 0 heteroatoms. The fourth-order valence-corrected chi connectivity index (χ4v) is 5.26. The van der Waals surface area contributed by atoms with Gasteiger partial charge in [-0.25, -0.2) is 0 Å². The van der Waals surface area contributed by atoms with Gasteiger partial charge in [0, 0.05) is 0 Å². The molecule has 0 aliphatic heterocycles. The second-order valence-corrected chi connectivity index (χ2v) is 10.6. The van der Waals surface area contributed by atoms with Gasteiger partial charge in [-0.05, 0) is 72.7 Å². The number of allylic oxidation sites excluding steroid dienone is 6. The predicted octanol–water partition coefficient (Wildman–Crippen LogP) is 10.4. The zero-order chi connectivity index (χ0) is 24.0. The number of hydrogen-bond acceptors (Lipinski definition) is 0. The van der Waals surface area contributed by atoms with Gasteiger partial charge in [0.2, 0.25) is 0 Å². The Morgan fingerprint density at radius 3 is 2.32 bits per heavy atom. The van der Waals surface area contributed by atoms with Gasteiger partial charge >= 0.3 is 0 Å². The van der Waals surface area contributed by atoms with E-state index in [0.717, 1.165) is 23.7 Å². The van der Waals surface area contributed by atoms with Crippen LogP contribution in [0.25, 0.3) is 0 Å². The van der Waals surface area contributed by atoms with E-state index in [1.165, 1.54) is 56.9 Å². The van der Waals surface area contributed by atoms with Crippen LogP contribution in [-0.4, -0.2) is 0 Å². The summed E-state index contributed by atoms with van der Waals surface area (Å²) in [5.41, 5.74) is 3.39. The fourth-order valence-electron chi connectivity index (χ4n) is 5.26. The Balaban J connectivity index is 0.000000852. The molecule has 0 aromatic carbocycles. The van der Waals surface area contributed by atoms with Crippen LogP contribution in [-0.2, 0) is 0 Å². The summed E-state index contributed by atoms with van der Waals surface area (Å²) in [6, 6.07) is 0. The molecule has 0 fully saturated rings. The Bertz CT molecular complexity index is 571. The Kier molecular flexibility index (Phi) is 14.8. The van der Waals surface area contributed by atoms with Crippen molar-refractivity contribution in [3.8, 4) is 0 Å². The van der Waals surface area contributed by atoms with Crippen molar-refractivity contribution in [1.29, 1.82) is 0 Å². The quantitative estimate of drug-likeness (QED) is 0.254. The SMILES string of the molecule is C=C.C=C(CC1CC(C)(C)C=C2C=CC(C)C(CCC)C21)C(C)C.C=CCCCCC. The Labute approximate surface area is 196 Å². The van der Waals surface area contributed by atoms with E-state index in [1.807, 2.05) is 6.08 Å². The molecule has 4 unspecified atom stereocenters. The molecule has 31 heavy (non-hydrogen) atoms. The zero-order valence-corrected chi connectivity index (χ0v) is 22.2. The van der Waals surface area contributed by atoms with Gasteiger partial charge in [0.15, 0.2) is 0 Å². The topological polar surface area (TPSA) is 0 Å². The normalized spacial score (nSPS) is 25.9. The van der Waals surface area contributed by atoms with Crippen LogP contribution < -0.4 is 0 Å². The predicted molar refractivity (Wildman–Crippen MR) is 144 cm³/mol. The third-order valence-electron chi connectivity index (χ3n) is 6.94. The fraction of sp³-hybridized carbons (Fsp3) is 0.677. The first kappa shape index (κ1) is 29.7. The van der Waals surface area contributed by atoms with Crippen molar-refractivity contribution >= 4 is 0 Å². The first-order valence-corrected chi connectivity index (χ1v) is 12.9. The molecule has 0 saturated carbocycles. The van der Waals surface area contributed by atoms with Gasteiger partial charge in [0.25, 0.3) is 0 Å². The van der Waals surface area contributed by atoms with Gasteiger partial charge < -0.3 is 0 Å². The number of hydrogen-bond donors (Lipinski definition) is 0. The molecule has 4 atom stereocenters. The first-order valence-electron chi connectivity index (χ1n) is 12.9. The van der Waals surface area contributed by atoms with Crippen molar-refractivity contribution in [2.45, 2.75) is 99.8 Å². The average Bonchev–Trinajstić information content (AvgIpc) is 2.72. The first-order chi connectivity index (χ1) is 14.7. The highest BCUT2D eigenvalue weighted by Crippen LogP contribution is 2.51. The van der Waals surface area contributed by atoms with Crippen molar-refractivity contribution in [1.82, 2.24) is 0 Å². The highest BCUT2D eigenvalue weighted by atomic mass is 14.5. The molecule has 178 valence electrons. The largest absolute Gasteiger partial charge is 0.106 e. The van der Waals surface area contributed by atoms with E-state index >= 15 is 0 Å². The van der Waals surface area contributed by atoms with E-state index in [9.17, 15) is 0 Å². The van der Waals surface area contributed by atoms with Gasteiger partial charge in [-0.2, -0.15) is 0 Å². The lowest BCUT2D eigenvalue weighted by molar-refractivity contribution is 0.148. The van der Waals surface area contributed by atoms with E-state index in [0.29, 0.717) is 11.3 Å². The Morgan fingerprint density at radius 2 is 1.81 bits per heavy atom. The lowest BCUT2D eigenvalue weighted by Crippen LogP contribution is -2.37. The molecule has 2 rings (SSSR count). The van der Waals surface area contributed by atoms with Crippen molar-refractivity contribution < 1.29 is 0 Å². The van der Waals surface area contributed by atoms with Gasteiger partial charge in [-0.3, -0.25) is 0 Å². The van der Waals surface area contributed by atoms with E-state index in [1.54, 1.807) is 5.57 Å². The van der Waals surface area contributed by atoms with Crippen LogP contribution >= 0.6 is 0 Å². The minimum Gasteiger partial charge on any atom is -0.106 e. The molecule has 2 aliphatic rings. The highest BCUT2D eigenvalue weighted by molar-refractivity contribution is 5.32. The smallest absolute Gasteiger partial charge is 0.00995 e. The summed E-state index contributed by atoms with van der Waals surface area (Å²) in [5, 5.41) is 0. The zero-order valence-electron chi connectivity index (χ0n) is 22.2. The molecule has 0 radical (unpaired) electrons. The van der Waals surface area contributed by atoms with Gasteiger partial charge in [-0.1, -0.05) is 104 Å². The lowest BCUT2D eigenvalue weighted by Gasteiger charge is -2.47. The lowest BCUT2D eigenvalue weighted by atomic mass is 9.58. The van der Waals surface area contributed by atoms with Gasteiger partial charge in [0.1, 0.15) is 0 Å². The van der Waals surface area contributed by atoms with E-state index < -0.39 is 0 Å². The monoisotopic (exact) mass is 426 g/mol. The van der Waals surface area contributed by atoms with Crippen LogP contribution in [0.2, 0.25) is 0 Å². The van der Waals surface area contributed by atoms with Crippen molar-refractivity contribution in [2.24, 2.45) is 35.0 Å². The minimum atomic E-state index is 0.329. The summed E-state index contributed by atoms with van der Waals surface area (Å²) in [6.45, 7) is 30.4. The van der Waals surface area contributed by atoms with Crippen LogP contribution in [0.1, 0.15) is 99.8 Å². The molecule has 0 aromatic heterocycles. The van der Waals surface area contributed by atoms with E-state index in [-0.39, 0.29) is 0 Å². The van der Waals surface area contributed by atoms with E-state index in [4.69, 9.17) is 0 Å². The summed E-state index contributed by atoms with van der Waals surface area (Å²) in [5.74, 6) is 3.68. The highest BCUT2D eigenvalue weighted by Gasteiger charge is 2.41. The number of rotatable bonds is 9. The summed E-state index contributed by atoms with van der Waals surface area (Å²) in [7, 11) is 0. The number of unbranched alkanes of at least 4 members (excludes halogenated alkanes) is 3. The molecule has 0 spiro atoms. The summed E-state index contributed by atoms with van der Waals surface area (Å²) in [4.78, 5) is 0. The molecule has 0 nitrogen and oxygen atoms in total. The molecule has 0 saturated heterocycles. The second kappa shape index (κ2) is 15.5. The maximum atomic E-state index is 4.39. The molecule has 2 aliphatic carbocycles. The molecular weight excluding hydrogens is 372 g/mol. The molecule has 0 amide bonds. The van der Waals surface area contributed by atoms with Crippen molar-refractivity contribution in [3.63, 3.8) is 0 Å². The Hall–Kier alpha value is -1.30. The van der Waals surface area contributed by atoms with Gasteiger partial charge in [-0.15, -0.1) is 19.7 Å². The summed E-state index contributed by atoms with van der Waals surface area (Å²) >= 11 is 0. The minimum absolute atomic E-state index is 0.329. The third kappa shape index (κ3) is 10.2. The van der Waals surface area contributed by atoms with Crippen LogP contribution in [0.5, 0.6) is 0 Å². The maximum absolute atomic E-state index is 4.39. The van der Waals surface area contributed by atoms with Crippen LogP contribution in [0, 0.1) is 35.0 Å². The van der Waals surface area contributed by atoms with Crippen LogP contribution in [0.4, 0.5) is 0 Å². The maximum Gasteiger partial charge on any atom is -0.00995 e. The van der Waals surface area contributed by atoms with E-state index in [2.05, 4.69) is 93.0 Å². The summed E-state index contributed by atoms with van der Waals surface area (Å²) < 4.78 is 0. The van der Waals surface area contributed by atoms with Crippen molar-refractivity contribution in [3.05, 3.63) is 61.8 Å². The summed E-state index contributed by atoms with van der Waals surface area (Å²) in [6.07, 6.45) is 19.8. The second-order valence-electron chi connectivity index (χ2n) is 10.6. The molecule has 0 heterocycles. The average molecular weight is 427 g/mol. The Morgan fingerprint density at radius 1 is 1.16 bits per heavy atom. The molecular formula is C31H54. The van der Waals surface area contributed by atoms with Crippen LogP contribution in [0.15, 0.2) is 61.8 Å². The standard InChI is InChI=1S/C22H36.C7H14.C2H4/c1-8-9-20-16(4)10-11-18-13-22(6,7)14-19(21(18)20)12-17(5)15(2)3;1-3-5-7-6-4-2;1-2/h10-11,13,15-16,19-21H,5,8-9,12,14H2,1-4,6-7H3;3H,1,4-7H2,2H3;1-2H2. The number of fused-ring (bicyclic) bond motifs is 1. The molecule has 0 aromatic rings. The molecule has 0 bridgehead atoms. The third-order valence-corrected chi connectivity index (χ3v) is 6.94. The van der Waals surface area contributed by atoms with Crippen molar-refractivity contribution in [2.75, 3.05) is 0 Å². The van der Waals surface area contributed by atoms with Gasteiger partial charge in [0.05, 0.1) is 0 Å². The van der Waals surface area contributed by atoms with Crippen LogP contribution in [0.3, 0.4) is 0 Å².